The predicted molar refractivity (Wildman–Crippen MR) is 164 cm³/mol. The van der Waals surface area contributed by atoms with Crippen LogP contribution in [0.4, 0.5) is 0 Å². The van der Waals surface area contributed by atoms with Crippen molar-refractivity contribution < 1.29 is 48.9 Å². The Hall–Kier alpha value is -3.31. The number of carboxylic acids is 3. The molecule has 0 heterocycles. The van der Waals surface area contributed by atoms with Crippen molar-refractivity contribution in [2.45, 2.75) is 154 Å². The van der Waals surface area contributed by atoms with Gasteiger partial charge in [-0.3, -0.25) is 24.0 Å². The molecule has 0 unspecified atom stereocenters. The van der Waals surface area contributed by atoms with E-state index in [1.54, 1.807) is 0 Å². The molecule has 0 fully saturated rings. The van der Waals surface area contributed by atoms with Crippen molar-refractivity contribution in [1.82, 2.24) is 10.6 Å². The molecule has 2 amide bonds. The molecule has 0 saturated heterocycles. The lowest BCUT2D eigenvalue weighted by molar-refractivity contribution is -0.145. The van der Waals surface area contributed by atoms with Crippen LogP contribution < -0.4 is 10.6 Å². The Balaban J connectivity index is 4.53. The Labute approximate surface area is 261 Å². The van der Waals surface area contributed by atoms with Crippen molar-refractivity contribution in [3.63, 3.8) is 0 Å². The third kappa shape index (κ3) is 21.4. The molecule has 0 saturated carbocycles. The number of Topliss-reactive ketones (excluding diaryl/α,β-unsaturated/α-hetero) is 2. The third-order valence-corrected chi connectivity index (χ3v) is 7.52. The summed E-state index contributed by atoms with van der Waals surface area (Å²) in [5.74, 6) is -6.77. The van der Waals surface area contributed by atoms with Crippen molar-refractivity contribution in [3.05, 3.63) is 0 Å². The molecule has 3 atom stereocenters. The van der Waals surface area contributed by atoms with E-state index in [9.17, 15) is 48.9 Å². The van der Waals surface area contributed by atoms with Crippen molar-refractivity contribution in [1.29, 1.82) is 0 Å². The lowest BCUT2D eigenvalue weighted by Gasteiger charge is -2.17. The molecular formula is C32H54N2O10. The van der Waals surface area contributed by atoms with E-state index in [1.165, 1.54) is 38.5 Å². The van der Waals surface area contributed by atoms with E-state index in [-0.39, 0.29) is 56.5 Å². The molecular weight excluding hydrogens is 572 g/mol. The molecule has 0 bridgehead atoms. The molecule has 0 aromatic heterocycles. The summed E-state index contributed by atoms with van der Waals surface area (Å²) in [4.78, 5) is 83.4. The highest BCUT2D eigenvalue weighted by Crippen LogP contribution is 2.17. The van der Waals surface area contributed by atoms with Crippen LogP contribution in [-0.2, 0) is 33.6 Å². The number of amides is 2. The zero-order valence-corrected chi connectivity index (χ0v) is 26.6. The minimum absolute atomic E-state index is 0.0128. The smallest absolute Gasteiger partial charge is 0.326 e. The van der Waals surface area contributed by atoms with E-state index >= 15 is 0 Å². The summed E-state index contributed by atoms with van der Waals surface area (Å²) in [7, 11) is 0. The maximum absolute atomic E-state index is 12.4. The fourth-order valence-electron chi connectivity index (χ4n) is 4.84. The summed E-state index contributed by atoms with van der Waals surface area (Å²) >= 11 is 0. The first kappa shape index (κ1) is 40.7. The van der Waals surface area contributed by atoms with Crippen molar-refractivity contribution in [2.75, 3.05) is 0 Å². The van der Waals surface area contributed by atoms with Gasteiger partial charge in [0.1, 0.15) is 23.7 Å². The van der Waals surface area contributed by atoms with Gasteiger partial charge in [-0.1, -0.05) is 71.6 Å². The highest BCUT2D eigenvalue weighted by atomic mass is 16.4. The fourth-order valence-corrected chi connectivity index (χ4v) is 4.84. The molecule has 44 heavy (non-hydrogen) atoms. The highest BCUT2D eigenvalue weighted by Gasteiger charge is 2.26. The van der Waals surface area contributed by atoms with E-state index in [1.807, 2.05) is 6.92 Å². The first-order valence-electron chi connectivity index (χ1n) is 16.2. The van der Waals surface area contributed by atoms with Crippen molar-refractivity contribution in [2.24, 2.45) is 5.92 Å². The number of unbranched alkanes of at least 4 members (excludes halogenated alkanes) is 9. The maximum atomic E-state index is 12.4. The summed E-state index contributed by atoms with van der Waals surface area (Å²) in [5.41, 5.74) is 0. The van der Waals surface area contributed by atoms with Gasteiger partial charge in [-0.25, -0.2) is 9.59 Å². The molecule has 12 nitrogen and oxygen atoms in total. The molecule has 0 aromatic carbocycles. The molecule has 0 radical (unpaired) electrons. The number of carbonyl (C=O) groups is 7. The summed E-state index contributed by atoms with van der Waals surface area (Å²) in [6, 6.07) is -2.76. The van der Waals surface area contributed by atoms with Gasteiger partial charge in [0.15, 0.2) is 0 Å². The molecule has 12 heteroatoms. The van der Waals surface area contributed by atoms with Crippen LogP contribution in [0.5, 0.6) is 0 Å². The van der Waals surface area contributed by atoms with Crippen LogP contribution in [-0.4, -0.2) is 68.7 Å². The Morgan fingerprint density at radius 2 is 0.932 bits per heavy atom. The Morgan fingerprint density at radius 3 is 1.39 bits per heavy atom. The largest absolute Gasteiger partial charge is 0.481 e. The minimum Gasteiger partial charge on any atom is -0.481 e. The maximum Gasteiger partial charge on any atom is 0.326 e. The second-order valence-corrected chi connectivity index (χ2v) is 11.5. The minimum atomic E-state index is -1.45. The van der Waals surface area contributed by atoms with E-state index in [0.717, 1.165) is 19.3 Å². The average molecular weight is 627 g/mol. The Morgan fingerprint density at radius 1 is 0.477 bits per heavy atom. The monoisotopic (exact) mass is 626 g/mol. The third-order valence-electron chi connectivity index (χ3n) is 7.52. The van der Waals surface area contributed by atoms with Crippen LogP contribution in [0.2, 0.25) is 0 Å². The Bertz CT molecular complexity index is 921. The van der Waals surface area contributed by atoms with Gasteiger partial charge in [-0.15, -0.1) is 0 Å². The highest BCUT2D eigenvalue weighted by molar-refractivity contribution is 5.87. The van der Waals surface area contributed by atoms with Crippen LogP contribution in [0.3, 0.4) is 0 Å². The first-order chi connectivity index (χ1) is 20.9. The van der Waals surface area contributed by atoms with Gasteiger partial charge in [0.2, 0.25) is 11.8 Å². The molecule has 5 N–H and O–H groups in total. The van der Waals surface area contributed by atoms with E-state index in [2.05, 4.69) is 17.6 Å². The number of aliphatic carboxylic acids is 3. The van der Waals surface area contributed by atoms with Gasteiger partial charge >= 0.3 is 17.9 Å². The standard InChI is InChI=1S/C32H54N2O10/c1-3-5-6-7-8-9-10-11-12-13-15-25(36)22-23(30(39)40)16-20-28(37)34-27(32(43)44)19-21-29(38)33-26(31(41)42)18-17-24(35)14-4-2/h23,26-27H,3-22H2,1-2H3,(H,33,38)(H,34,37)(H,39,40)(H,41,42)(H,43,44)/t23-,26+,27+/m1/s1. The molecule has 0 aliphatic carbocycles. The van der Waals surface area contributed by atoms with Crippen LogP contribution in [0.15, 0.2) is 0 Å². The van der Waals surface area contributed by atoms with Crippen molar-refractivity contribution >= 4 is 41.3 Å². The molecule has 252 valence electrons. The number of hydrogen-bond acceptors (Lipinski definition) is 7. The normalized spacial score (nSPS) is 13.0. The fraction of sp³-hybridized carbons (Fsp3) is 0.781. The van der Waals surface area contributed by atoms with Crippen molar-refractivity contribution in [3.8, 4) is 0 Å². The van der Waals surface area contributed by atoms with E-state index in [0.29, 0.717) is 19.3 Å². The summed E-state index contributed by atoms with van der Waals surface area (Å²) in [6.07, 6.45) is 10.9. The zero-order valence-electron chi connectivity index (χ0n) is 26.6. The SMILES string of the molecule is CCCCCCCCCCCCC(=O)C[C@@H](CCC(=O)N[C@@H](CCC(=O)N[C@@H](CCC(=O)CCC)C(=O)O)C(=O)O)C(=O)O. The van der Waals surface area contributed by atoms with Crippen LogP contribution in [0.1, 0.15) is 142 Å². The summed E-state index contributed by atoms with van der Waals surface area (Å²) in [5, 5.41) is 32.8. The zero-order chi connectivity index (χ0) is 33.3. The van der Waals surface area contributed by atoms with Gasteiger partial charge in [0.05, 0.1) is 5.92 Å². The predicted octanol–water partition coefficient (Wildman–Crippen LogP) is 4.81. The molecule has 0 rings (SSSR count). The molecule has 0 aliphatic heterocycles. The first-order valence-corrected chi connectivity index (χ1v) is 16.2. The molecule has 0 spiro atoms. The van der Waals surface area contributed by atoms with Gasteiger partial charge < -0.3 is 26.0 Å². The van der Waals surface area contributed by atoms with Crippen LogP contribution in [0.25, 0.3) is 0 Å². The second-order valence-electron chi connectivity index (χ2n) is 11.5. The number of carbonyl (C=O) groups excluding carboxylic acids is 4. The summed E-state index contributed by atoms with van der Waals surface area (Å²) < 4.78 is 0. The lowest BCUT2D eigenvalue weighted by Crippen LogP contribution is -2.44. The van der Waals surface area contributed by atoms with Crippen LogP contribution >= 0.6 is 0 Å². The summed E-state index contributed by atoms with van der Waals surface area (Å²) in [6.45, 7) is 4.00. The quantitative estimate of drug-likeness (QED) is 0.0717. The number of nitrogens with one attached hydrogen (secondary N) is 2. The topological polar surface area (TPSA) is 204 Å². The van der Waals surface area contributed by atoms with Gasteiger partial charge in [-0.2, -0.15) is 0 Å². The van der Waals surface area contributed by atoms with E-state index in [4.69, 9.17) is 0 Å². The second kappa shape index (κ2) is 25.1. The number of carboxylic acid groups (broad SMARTS) is 3. The Kier molecular flexibility index (Phi) is 23.2. The molecule has 0 aliphatic rings. The van der Waals surface area contributed by atoms with Gasteiger partial charge in [0.25, 0.3) is 0 Å². The van der Waals surface area contributed by atoms with E-state index < -0.39 is 54.1 Å². The number of rotatable bonds is 29. The van der Waals surface area contributed by atoms with Crippen LogP contribution in [0, 0.1) is 5.92 Å². The van der Waals surface area contributed by atoms with Gasteiger partial charge in [0, 0.05) is 38.5 Å². The number of hydrogen-bond donors (Lipinski definition) is 5. The van der Waals surface area contributed by atoms with Gasteiger partial charge in [-0.05, 0) is 32.1 Å². The lowest BCUT2D eigenvalue weighted by atomic mass is 9.94. The molecule has 0 aromatic rings. The number of ketones is 2. The average Bonchev–Trinajstić information content (AvgIpc) is 2.96.